The van der Waals surface area contributed by atoms with Gasteiger partial charge in [0.25, 0.3) is 11.5 Å². The highest BCUT2D eigenvalue weighted by Gasteiger charge is 2.29. The molecule has 0 radical (unpaired) electrons. The zero-order chi connectivity index (χ0) is 22.3. The topological polar surface area (TPSA) is 71.6 Å². The van der Waals surface area contributed by atoms with Crippen molar-refractivity contribution in [3.63, 3.8) is 0 Å². The number of fused-ring (bicyclic) bond motifs is 1. The molecule has 7 heteroatoms. The summed E-state index contributed by atoms with van der Waals surface area (Å²) in [6.07, 6.45) is 1.50. The van der Waals surface area contributed by atoms with Gasteiger partial charge in [0.05, 0.1) is 5.56 Å². The van der Waals surface area contributed by atoms with Gasteiger partial charge in [-0.3, -0.25) is 14.2 Å². The van der Waals surface area contributed by atoms with Crippen LogP contribution in [0.5, 0.6) is 0 Å². The van der Waals surface area contributed by atoms with E-state index in [0.29, 0.717) is 42.3 Å². The number of aryl methyl sites for hydroxylation is 3. The molecule has 0 N–H and O–H groups in total. The number of furan rings is 1. The van der Waals surface area contributed by atoms with Crippen molar-refractivity contribution in [3.05, 3.63) is 57.3 Å². The van der Waals surface area contributed by atoms with Crippen molar-refractivity contribution in [2.45, 2.75) is 41.2 Å². The maximum atomic E-state index is 13.4. The number of benzene rings is 1. The first kappa shape index (κ1) is 21.2. The van der Waals surface area contributed by atoms with Crippen LogP contribution in [-0.4, -0.2) is 46.5 Å². The molecule has 7 nitrogen and oxygen atoms in total. The standard InChI is InChI=1S/C24H30N4O3/c1-15(2)13-28-14-25-22-21(24(28)30)20(18(5)31-22)23(29)27-10-8-26(9-11-27)19-7-6-16(3)12-17(19)4/h6-7,12,14-15H,8-11,13H2,1-5H3. The minimum absolute atomic E-state index is 0.155. The highest BCUT2D eigenvalue weighted by molar-refractivity contribution is 6.06. The summed E-state index contributed by atoms with van der Waals surface area (Å²) in [7, 11) is 0. The van der Waals surface area contributed by atoms with E-state index in [1.54, 1.807) is 11.5 Å². The van der Waals surface area contributed by atoms with E-state index in [-0.39, 0.29) is 17.2 Å². The molecule has 1 fully saturated rings. The average molecular weight is 423 g/mol. The van der Waals surface area contributed by atoms with Crippen molar-refractivity contribution in [3.8, 4) is 0 Å². The van der Waals surface area contributed by atoms with Crippen LogP contribution in [0.15, 0.2) is 33.7 Å². The van der Waals surface area contributed by atoms with E-state index >= 15 is 0 Å². The van der Waals surface area contributed by atoms with Gasteiger partial charge in [0.2, 0.25) is 5.71 Å². The van der Waals surface area contributed by atoms with Crippen LogP contribution in [0.1, 0.15) is 41.1 Å². The third-order valence-corrected chi connectivity index (χ3v) is 5.89. The van der Waals surface area contributed by atoms with Crippen molar-refractivity contribution >= 4 is 22.7 Å². The number of aromatic nitrogens is 2. The molecular formula is C24H30N4O3. The molecule has 0 unspecified atom stereocenters. The summed E-state index contributed by atoms with van der Waals surface area (Å²) in [5.74, 6) is 0.587. The van der Waals surface area contributed by atoms with Gasteiger partial charge in [-0.25, -0.2) is 4.98 Å². The second kappa shape index (κ2) is 8.21. The monoisotopic (exact) mass is 422 g/mol. The minimum Gasteiger partial charge on any atom is -0.442 e. The van der Waals surface area contributed by atoms with Gasteiger partial charge in [0.15, 0.2) is 0 Å². The average Bonchev–Trinajstić information content (AvgIpc) is 3.06. The number of rotatable bonds is 4. The summed E-state index contributed by atoms with van der Waals surface area (Å²) in [6, 6.07) is 6.46. The van der Waals surface area contributed by atoms with Crippen LogP contribution >= 0.6 is 0 Å². The Bertz CT molecular complexity index is 1180. The maximum absolute atomic E-state index is 13.4. The molecule has 4 rings (SSSR count). The molecule has 0 atom stereocenters. The van der Waals surface area contributed by atoms with E-state index in [9.17, 15) is 9.59 Å². The first-order chi connectivity index (χ1) is 14.8. The van der Waals surface area contributed by atoms with Gasteiger partial charge < -0.3 is 14.2 Å². The molecule has 0 aliphatic carbocycles. The van der Waals surface area contributed by atoms with Gasteiger partial charge in [-0.05, 0) is 38.3 Å². The van der Waals surface area contributed by atoms with E-state index < -0.39 is 0 Å². The largest absolute Gasteiger partial charge is 0.442 e. The third kappa shape index (κ3) is 3.96. The van der Waals surface area contributed by atoms with Gasteiger partial charge in [0, 0.05) is 38.4 Å². The van der Waals surface area contributed by atoms with Crippen LogP contribution in [0.2, 0.25) is 0 Å². The summed E-state index contributed by atoms with van der Waals surface area (Å²) < 4.78 is 7.25. The van der Waals surface area contributed by atoms with E-state index in [4.69, 9.17) is 4.42 Å². The Kier molecular flexibility index (Phi) is 5.60. The van der Waals surface area contributed by atoms with Crippen LogP contribution in [-0.2, 0) is 6.54 Å². The second-order valence-electron chi connectivity index (χ2n) is 8.88. The molecule has 1 saturated heterocycles. The molecule has 1 aliphatic heterocycles. The molecule has 1 aliphatic rings. The molecule has 0 bridgehead atoms. The van der Waals surface area contributed by atoms with Gasteiger partial charge in [-0.2, -0.15) is 0 Å². The summed E-state index contributed by atoms with van der Waals surface area (Å²) in [5.41, 5.74) is 4.07. The number of nitrogens with zero attached hydrogens (tertiary/aromatic N) is 4. The Morgan fingerprint density at radius 1 is 1.13 bits per heavy atom. The lowest BCUT2D eigenvalue weighted by atomic mass is 10.1. The second-order valence-corrected chi connectivity index (χ2v) is 8.88. The third-order valence-electron chi connectivity index (χ3n) is 5.89. The molecule has 0 spiro atoms. The van der Waals surface area contributed by atoms with E-state index in [1.807, 2.05) is 18.7 Å². The molecule has 3 aromatic rings. The van der Waals surface area contributed by atoms with Gasteiger partial charge in [-0.15, -0.1) is 0 Å². The SMILES string of the molecule is Cc1ccc(N2CCN(C(=O)c3c(C)oc4ncn(CC(C)C)c(=O)c34)CC2)c(C)c1. The molecule has 164 valence electrons. The van der Waals surface area contributed by atoms with Gasteiger partial charge in [0.1, 0.15) is 17.5 Å². The Labute approximate surface area is 182 Å². The van der Waals surface area contributed by atoms with Crippen molar-refractivity contribution in [2.24, 2.45) is 5.92 Å². The van der Waals surface area contributed by atoms with Crippen LogP contribution in [0.4, 0.5) is 5.69 Å². The van der Waals surface area contributed by atoms with Gasteiger partial charge >= 0.3 is 0 Å². The molecule has 1 aromatic carbocycles. The van der Waals surface area contributed by atoms with E-state index in [0.717, 1.165) is 13.1 Å². The molecule has 1 amide bonds. The van der Waals surface area contributed by atoms with Gasteiger partial charge in [-0.1, -0.05) is 31.5 Å². The van der Waals surface area contributed by atoms with Crippen molar-refractivity contribution < 1.29 is 9.21 Å². The molecule has 2 aromatic heterocycles. The first-order valence-corrected chi connectivity index (χ1v) is 10.9. The molecule has 0 saturated carbocycles. The number of amides is 1. The lowest BCUT2D eigenvalue weighted by molar-refractivity contribution is 0.0746. The zero-order valence-corrected chi connectivity index (χ0v) is 18.9. The maximum Gasteiger partial charge on any atom is 0.265 e. The van der Waals surface area contributed by atoms with Crippen LogP contribution in [0.3, 0.4) is 0 Å². The highest BCUT2D eigenvalue weighted by Crippen LogP contribution is 2.26. The Hall–Kier alpha value is -3.09. The first-order valence-electron chi connectivity index (χ1n) is 10.9. The Morgan fingerprint density at radius 3 is 2.48 bits per heavy atom. The molecule has 3 heterocycles. The number of hydrogen-bond donors (Lipinski definition) is 0. The normalized spacial score (nSPS) is 14.6. The number of carbonyl (C=O) groups is 1. The molecule has 31 heavy (non-hydrogen) atoms. The Balaban J connectivity index is 1.59. The summed E-state index contributed by atoms with van der Waals surface area (Å²) in [5, 5.41) is 0.294. The fourth-order valence-electron chi connectivity index (χ4n) is 4.39. The Morgan fingerprint density at radius 2 is 1.84 bits per heavy atom. The van der Waals surface area contributed by atoms with E-state index in [2.05, 4.69) is 41.9 Å². The van der Waals surface area contributed by atoms with Crippen LogP contribution in [0, 0.1) is 26.7 Å². The number of hydrogen-bond acceptors (Lipinski definition) is 5. The van der Waals surface area contributed by atoms with Crippen molar-refractivity contribution in [1.29, 1.82) is 0 Å². The fourth-order valence-corrected chi connectivity index (χ4v) is 4.39. The molecular weight excluding hydrogens is 392 g/mol. The lowest BCUT2D eigenvalue weighted by Crippen LogP contribution is -2.49. The quantitative estimate of drug-likeness (QED) is 0.643. The predicted octanol–water partition coefficient (Wildman–Crippen LogP) is 3.53. The van der Waals surface area contributed by atoms with Crippen molar-refractivity contribution in [1.82, 2.24) is 14.5 Å². The zero-order valence-electron chi connectivity index (χ0n) is 18.9. The summed E-state index contributed by atoms with van der Waals surface area (Å²) in [4.78, 5) is 34.9. The number of carbonyl (C=O) groups excluding carboxylic acids is 1. The summed E-state index contributed by atoms with van der Waals surface area (Å²) in [6.45, 7) is 13.3. The minimum atomic E-state index is -0.215. The summed E-state index contributed by atoms with van der Waals surface area (Å²) >= 11 is 0. The van der Waals surface area contributed by atoms with E-state index in [1.165, 1.54) is 23.1 Å². The number of anilines is 1. The number of piperazine rings is 1. The lowest BCUT2D eigenvalue weighted by Gasteiger charge is -2.36. The van der Waals surface area contributed by atoms with Crippen molar-refractivity contribution in [2.75, 3.05) is 31.1 Å². The van der Waals surface area contributed by atoms with Crippen LogP contribution < -0.4 is 10.5 Å². The predicted molar refractivity (Wildman–Crippen MR) is 122 cm³/mol. The van der Waals surface area contributed by atoms with Crippen LogP contribution in [0.25, 0.3) is 11.1 Å². The fraction of sp³-hybridized carbons (Fsp3) is 0.458. The highest BCUT2D eigenvalue weighted by atomic mass is 16.3. The smallest absolute Gasteiger partial charge is 0.265 e.